The number of halogens is 1. The average molecular weight is 371 g/mol. The molecule has 142 valence electrons. The molecule has 3 N–H and O–H groups in total. The summed E-state index contributed by atoms with van der Waals surface area (Å²) < 4.78 is 11.4. The van der Waals surface area contributed by atoms with Crippen molar-refractivity contribution in [2.75, 3.05) is 7.11 Å². The van der Waals surface area contributed by atoms with Gasteiger partial charge in [-0.2, -0.15) is 0 Å². The number of methoxy groups -OCH3 is 1. The van der Waals surface area contributed by atoms with Gasteiger partial charge in [-0.25, -0.2) is 0 Å². The zero-order chi connectivity index (χ0) is 17.7. The highest BCUT2D eigenvalue weighted by atomic mass is 35.5. The number of hydrogen-bond acceptors (Lipinski definition) is 4. The van der Waals surface area contributed by atoms with Crippen LogP contribution in [0.25, 0.3) is 0 Å². The molecule has 5 nitrogen and oxygen atoms in total. The first-order chi connectivity index (χ1) is 11.3. The van der Waals surface area contributed by atoms with Gasteiger partial charge in [0.1, 0.15) is 11.5 Å². The van der Waals surface area contributed by atoms with Crippen LogP contribution in [0.15, 0.2) is 18.2 Å². The number of nitrogens with two attached hydrogens (primary N) is 1. The molecule has 1 aliphatic carbocycles. The third kappa shape index (κ3) is 6.08. The third-order valence-electron chi connectivity index (χ3n) is 4.54. The van der Waals surface area contributed by atoms with E-state index in [0.717, 1.165) is 29.9 Å². The topological polar surface area (TPSA) is 73.6 Å². The maximum Gasteiger partial charge on any atom is 0.237 e. The second-order valence-electron chi connectivity index (χ2n) is 7.56. The Morgan fingerprint density at radius 1 is 1.32 bits per heavy atom. The van der Waals surface area contributed by atoms with Gasteiger partial charge in [0.2, 0.25) is 5.91 Å². The Hall–Kier alpha value is -1.46. The first-order valence-electron chi connectivity index (χ1n) is 8.68. The number of carbonyl (C=O) groups is 1. The summed E-state index contributed by atoms with van der Waals surface area (Å²) >= 11 is 0. The zero-order valence-corrected chi connectivity index (χ0v) is 16.4. The molecule has 1 aromatic carbocycles. The van der Waals surface area contributed by atoms with E-state index in [1.54, 1.807) is 7.11 Å². The van der Waals surface area contributed by atoms with E-state index in [-0.39, 0.29) is 29.8 Å². The van der Waals surface area contributed by atoms with Gasteiger partial charge in [-0.1, -0.05) is 20.8 Å². The van der Waals surface area contributed by atoms with Crippen LogP contribution < -0.4 is 20.5 Å². The van der Waals surface area contributed by atoms with Gasteiger partial charge in [0, 0.05) is 18.2 Å². The molecular formula is C19H31ClN2O3. The Morgan fingerprint density at radius 2 is 1.96 bits per heavy atom. The summed E-state index contributed by atoms with van der Waals surface area (Å²) in [7, 11) is 1.64. The Kier molecular flexibility index (Phi) is 8.03. The predicted molar refractivity (Wildman–Crippen MR) is 102 cm³/mol. The number of hydrogen-bond donors (Lipinski definition) is 2. The molecule has 6 heteroatoms. The number of amides is 1. The Balaban J connectivity index is 0.00000312. The molecule has 0 spiro atoms. The number of nitrogens with one attached hydrogen (secondary N) is 1. The van der Waals surface area contributed by atoms with Gasteiger partial charge >= 0.3 is 0 Å². The van der Waals surface area contributed by atoms with Crippen LogP contribution in [0.5, 0.6) is 11.5 Å². The molecule has 1 aromatic rings. The smallest absolute Gasteiger partial charge is 0.237 e. The lowest BCUT2D eigenvalue weighted by Crippen LogP contribution is -2.48. The molecule has 25 heavy (non-hydrogen) atoms. The molecule has 1 saturated carbocycles. The quantitative estimate of drug-likeness (QED) is 0.804. The second-order valence-corrected chi connectivity index (χ2v) is 7.56. The molecule has 0 radical (unpaired) electrons. The largest absolute Gasteiger partial charge is 0.497 e. The molecule has 0 heterocycles. The standard InChI is InChI=1S/C19H30N2O3.ClH/c1-19(2,3)17(20)18(22)21-12-13-9-10-15(23-4)11-16(13)24-14-7-5-6-8-14;/h9-11,14,17H,5-8,12,20H2,1-4H3,(H,21,22);1H/t17-;/m1./s1. The normalized spacial score (nSPS) is 16.0. The van der Waals surface area contributed by atoms with Crippen LogP contribution in [0.4, 0.5) is 0 Å². The van der Waals surface area contributed by atoms with Crippen LogP contribution in [-0.4, -0.2) is 25.2 Å². The van der Waals surface area contributed by atoms with Gasteiger partial charge in [0.05, 0.1) is 19.3 Å². The summed E-state index contributed by atoms with van der Waals surface area (Å²) in [6.45, 7) is 6.27. The van der Waals surface area contributed by atoms with Gasteiger partial charge in [0.25, 0.3) is 0 Å². The van der Waals surface area contributed by atoms with Crippen molar-refractivity contribution in [1.82, 2.24) is 5.32 Å². The minimum atomic E-state index is -0.546. The van der Waals surface area contributed by atoms with Crippen molar-refractivity contribution in [2.24, 2.45) is 11.1 Å². The molecule has 1 aliphatic rings. The molecule has 1 fully saturated rings. The van der Waals surface area contributed by atoms with Crippen LogP contribution in [-0.2, 0) is 11.3 Å². The third-order valence-corrected chi connectivity index (χ3v) is 4.54. The van der Waals surface area contributed by atoms with E-state index in [0.29, 0.717) is 6.54 Å². The highest BCUT2D eigenvalue weighted by Gasteiger charge is 2.27. The van der Waals surface area contributed by atoms with E-state index in [1.807, 2.05) is 39.0 Å². The number of benzene rings is 1. The van der Waals surface area contributed by atoms with Crippen molar-refractivity contribution in [3.8, 4) is 11.5 Å². The van der Waals surface area contributed by atoms with Crippen molar-refractivity contribution in [3.05, 3.63) is 23.8 Å². The molecule has 0 unspecified atom stereocenters. The maximum absolute atomic E-state index is 12.2. The lowest BCUT2D eigenvalue weighted by molar-refractivity contribution is -0.124. The fourth-order valence-corrected chi connectivity index (χ4v) is 2.79. The number of carbonyl (C=O) groups excluding carboxylic acids is 1. The van der Waals surface area contributed by atoms with Gasteiger partial charge in [0.15, 0.2) is 0 Å². The fourth-order valence-electron chi connectivity index (χ4n) is 2.79. The lowest BCUT2D eigenvalue weighted by atomic mass is 9.87. The van der Waals surface area contributed by atoms with Crippen molar-refractivity contribution in [2.45, 2.75) is 65.1 Å². The fraction of sp³-hybridized carbons (Fsp3) is 0.632. The minimum absolute atomic E-state index is 0. The molecule has 0 bridgehead atoms. The average Bonchev–Trinajstić information content (AvgIpc) is 3.04. The van der Waals surface area contributed by atoms with Gasteiger partial charge in [-0.3, -0.25) is 4.79 Å². The first kappa shape index (κ1) is 21.6. The summed E-state index contributed by atoms with van der Waals surface area (Å²) in [6.07, 6.45) is 4.83. The number of rotatable bonds is 6. The predicted octanol–water partition coefficient (Wildman–Crippen LogP) is 3.43. The Labute approximate surface area is 157 Å². The van der Waals surface area contributed by atoms with Gasteiger partial charge in [-0.05, 0) is 43.2 Å². The highest BCUT2D eigenvalue weighted by molar-refractivity contribution is 5.85. The monoisotopic (exact) mass is 370 g/mol. The van der Waals surface area contributed by atoms with Crippen molar-refractivity contribution in [3.63, 3.8) is 0 Å². The number of ether oxygens (including phenoxy) is 2. The summed E-state index contributed by atoms with van der Waals surface area (Å²) in [4.78, 5) is 12.2. The first-order valence-corrected chi connectivity index (χ1v) is 8.68. The van der Waals surface area contributed by atoms with Crippen molar-refractivity contribution >= 4 is 18.3 Å². The Morgan fingerprint density at radius 3 is 2.52 bits per heavy atom. The van der Waals surface area contributed by atoms with E-state index in [2.05, 4.69) is 5.32 Å². The molecular weight excluding hydrogens is 340 g/mol. The molecule has 0 saturated heterocycles. The molecule has 1 atom stereocenters. The van der Waals surface area contributed by atoms with E-state index in [1.165, 1.54) is 12.8 Å². The van der Waals surface area contributed by atoms with Crippen LogP contribution in [0.3, 0.4) is 0 Å². The van der Waals surface area contributed by atoms with Gasteiger partial charge in [-0.15, -0.1) is 12.4 Å². The molecule has 2 rings (SSSR count). The molecule has 0 aromatic heterocycles. The summed E-state index contributed by atoms with van der Waals surface area (Å²) in [5.41, 5.74) is 6.68. The highest BCUT2D eigenvalue weighted by Crippen LogP contribution is 2.30. The maximum atomic E-state index is 12.2. The zero-order valence-electron chi connectivity index (χ0n) is 15.6. The van der Waals surface area contributed by atoms with Crippen molar-refractivity contribution < 1.29 is 14.3 Å². The molecule has 1 amide bonds. The van der Waals surface area contributed by atoms with Crippen LogP contribution in [0, 0.1) is 5.41 Å². The van der Waals surface area contributed by atoms with Crippen LogP contribution in [0.1, 0.15) is 52.0 Å². The van der Waals surface area contributed by atoms with E-state index < -0.39 is 6.04 Å². The van der Waals surface area contributed by atoms with E-state index in [4.69, 9.17) is 15.2 Å². The Bertz CT molecular complexity index is 566. The molecule has 0 aliphatic heterocycles. The SMILES string of the molecule is COc1ccc(CNC(=O)[C@@H](N)C(C)(C)C)c(OC2CCCC2)c1.Cl. The minimum Gasteiger partial charge on any atom is -0.497 e. The van der Waals surface area contributed by atoms with Gasteiger partial charge < -0.3 is 20.5 Å². The van der Waals surface area contributed by atoms with Crippen molar-refractivity contribution in [1.29, 1.82) is 0 Å². The van der Waals surface area contributed by atoms with E-state index >= 15 is 0 Å². The van der Waals surface area contributed by atoms with Crippen LogP contribution in [0.2, 0.25) is 0 Å². The van der Waals surface area contributed by atoms with E-state index in [9.17, 15) is 4.79 Å². The second kappa shape index (κ2) is 9.30. The summed E-state index contributed by atoms with van der Waals surface area (Å²) in [5, 5.41) is 2.92. The van der Waals surface area contributed by atoms with Crippen LogP contribution >= 0.6 is 12.4 Å². The lowest BCUT2D eigenvalue weighted by Gasteiger charge is -2.26. The summed E-state index contributed by atoms with van der Waals surface area (Å²) in [5.74, 6) is 1.39. The summed E-state index contributed by atoms with van der Waals surface area (Å²) in [6, 6.07) is 5.16.